The standard InChI is InChI=1S/C12H18N2O3S.ClH/c1-13-7-8-14(2)12(15)10-5-4-6-11(9-10)18(3,16)17;/h4-6,9,13H,7-8H2,1-3H3;1H. The van der Waals surface area contributed by atoms with Crippen LogP contribution in [-0.2, 0) is 9.84 Å². The van der Waals surface area contributed by atoms with Crippen LogP contribution in [0.1, 0.15) is 10.4 Å². The third-order valence-electron chi connectivity index (χ3n) is 2.55. The van der Waals surface area contributed by atoms with E-state index in [1.807, 2.05) is 7.05 Å². The molecule has 0 atom stereocenters. The first-order valence-corrected chi connectivity index (χ1v) is 7.45. The molecule has 1 aromatic carbocycles. The molecule has 0 unspecified atom stereocenters. The second-order valence-corrected chi connectivity index (χ2v) is 6.15. The molecular formula is C12H19ClN2O3S. The van der Waals surface area contributed by atoms with Crippen LogP contribution in [0.4, 0.5) is 0 Å². The van der Waals surface area contributed by atoms with Gasteiger partial charge in [-0.05, 0) is 25.2 Å². The van der Waals surface area contributed by atoms with Crippen LogP contribution in [0.15, 0.2) is 29.2 Å². The van der Waals surface area contributed by atoms with Crippen LogP contribution in [-0.4, -0.2) is 52.7 Å². The van der Waals surface area contributed by atoms with Gasteiger partial charge in [-0.2, -0.15) is 0 Å². The minimum atomic E-state index is -3.28. The highest BCUT2D eigenvalue weighted by molar-refractivity contribution is 7.90. The van der Waals surface area contributed by atoms with E-state index in [4.69, 9.17) is 0 Å². The minimum Gasteiger partial charge on any atom is -0.340 e. The predicted octanol–water partition coefficient (Wildman–Crippen LogP) is 0.803. The van der Waals surface area contributed by atoms with E-state index >= 15 is 0 Å². The zero-order valence-electron chi connectivity index (χ0n) is 11.2. The fraction of sp³-hybridized carbons (Fsp3) is 0.417. The summed E-state index contributed by atoms with van der Waals surface area (Å²) < 4.78 is 22.8. The second-order valence-electron chi connectivity index (χ2n) is 4.13. The molecule has 5 nitrogen and oxygen atoms in total. The highest BCUT2D eigenvalue weighted by Crippen LogP contribution is 2.12. The lowest BCUT2D eigenvalue weighted by Crippen LogP contribution is -2.32. The normalized spacial score (nSPS) is 10.7. The Labute approximate surface area is 120 Å². The Kier molecular flexibility index (Phi) is 7.04. The maximum atomic E-state index is 12.0. The van der Waals surface area contributed by atoms with Gasteiger partial charge in [0.2, 0.25) is 0 Å². The smallest absolute Gasteiger partial charge is 0.253 e. The Balaban J connectivity index is 0.00000324. The molecule has 0 saturated heterocycles. The van der Waals surface area contributed by atoms with Crippen molar-refractivity contribution in [2.45, 2.75) is 4.90 Å². The molecule has 0 aliphatic heterocycles. The molecule has 0 spiro atoms. The summed E-state index contributed by atoms with van der Waals surface area (Å²) in [6.07, 6.45) is 1.13. The largest absolute Gasteiger partial charge is 0.340 e. The van der Waals surface area contributed by atoms with E-state index in [1.54, 1.807) is 24.1 Å². The molecule has 19 heavy (non-hydrogen) atoms. The zero-order valence-corrected chi connectivity index (χ0v) is 12.8. The fourth-order valence-corrected chi connectivity index (χ4v) is 2.13. The van der Waals surface area contributed by atoms with Crippen molar-refractivity contribution in [3.63, 3.8) is 0 Å². The number of rotatable bonds is 5. The van der Waals surface area contributed by atoms with E-state index in [1.165, 1.54) is 12.1 Å². The summed E-state index contributed by atoms with van der Waals surface area (Å²) in [6.45, 7) is 1.26. The van der Waals surface area contributed by atoms with Crippen molar-refractivity contribution in [1.82, 2.24) is 10.2 Å². The van der Waals surface area contributed by atoms with Gasteiger partial charge < -0.3 is 10.2 Å². The van der Waals surface area contributed by atoms with Crippen molar-refractivity contribution in [2.24, 2.45) is 0 Å². The lowest BCUT2D eigenvalue weighted by atomic mass is 10.2. The Bertz CT molecular complexity index is 532. The molecule has 0 saturated carbocycles. The molecule has 0 aliphatic rings. The van der Waals surface area contributed by atoms with E-state index in [9.17, 15) is 13.2 Å². The van der Waals surface area contributed by atoms with Gasteiger partial charge in [-0.3, -0.25) is 4.79 Å². The first kappa shape index (κ1) is 17.9. The summed E-state index contributed by atoms with van der Waals surface area (Å²) in [6, 6.07) is 6.09. The number of sulfone groups is 1. The molecular weight excluding hydrogens is 288 g/mol. The number of carbonyl (C=O) groups is 1. The fourth-order valence-electron chi connectivity index (χ4n) is 1.46. The number of hydrogen-bond acceptors (Lipinski definition) is 4. The quantitative estimate of drug-likeness (QED) is 0.874. The van der Waals surface area contributed by atoms with Crippen molar-refractivity contribution >= 4 is 28.2 Å². The Morgan fingerprint density at radius 2 is 2.00 bits per heavy atom. The lowest BCUT2D eigenvalue weighted by molar-refractivity contribution is 0.0796. The summed E-state index contributed by atoms with van der Waals surface area (Å²) in [4.78, 5) is 13.7. The van der Waals surface area contributed by atoms with Crippen molar-refractivity contribution in [1.29, 1.82) is 0 Å². The third kappa shape index (κ3) is 5.18. The highest BCUT2D eigenvalue weighted by Gasteiger charge is 2.14. The summed E-state index contributed by atoms with van der Waals surface area (Å²) >= 11 is 0. The van der Waals surface area contributed by atoms with Gasteiger partial charge in [0, 0.05) is 32.0 Å². The number of likely N-dealkylation sites (N-methyl/N-ethyl adjacent to an activating group) is 2. The van der Waals surface area contributed by atoms with E-state index in [0.29, 0.717) is 18.7 Å². The SMILES string of the molecule is CNCCN(C)C(=O)c1cccc(S(C)(=O)=O)c1.Cl. The number of carbonyl (C=O) groups excluding carboxylic acids is 1. The van der Waals surface area contributed by atoms with Crippen LogP contribution >= 0.6 is 12.4 Å². The molecule has 0 radical (unpaired) electrons. The van der Waals surface area contributed by atoms with Crippen LogP contribution in [0.5, 0.6) is 0 Å². The number of halogens is 1. The molecule has 1 amide bonds. The Hall–Kier alpha value is -1.11. The Morgan fingerprint density at radius 1 is 1.37 bits per heavy atom. The van der Waals surface area contributed by atoms with Crippen molar-refractivity contribution in [2.75, 3.05) is 33.4 Å². The first-order valence-electron chi connectivity index (χ1n) is 5.56. The first-order chi connectivity index (χ1) is 8.36. The van der Waals surface area contributed by atoms with Crippen LogP contribution in [0.2, 0.25) is 0 Å². The maximum Gasteiger partial charge on any atom is 0.253 e. The van der Waals surface area contributed by atoms with Gasteiger partial charge in [-0.1, -0.05) is 6.07 Å². The number of nitrogens with one attached hydrogen (secondary N) is 1. The summed E-state index contributed by atoms with van der Waals surface area (Å²) in [7, 11) is 0.211. The van der Waals surface area contributed by atoms with E-state index in [2.05, 4.69) is 5.32 Å². The van der Waals surface area contributed by atoms with Gasteiger partial charge in [-0.15, -0.1) is 12.4 Å². The Morgan fingerprint density at radius 3 is 2.53 bits per heavy atom. The minimum absolute atomic E-state index is 0. The zero-order chi connectivity index (χ0) is 13.8. The van der Waals surface area contributed by atoms with Crippen molar-refractivity contribution < 1.29 is 13.2 Å². The maximum absolute atomic E-state index is 12.0. The predicted molar refractivity (Wildman–Crippen MR) is 77.7 cm³/mol. The topological polar surface area (TPSA) is 66.5 Å². The number of amides is 1. The second kappa shape index (κ2) is 7.47. The molecule has 0 bridgehead atoms. The average Bonchev–Trinajstić information content (AvgIpc) is 2.34. The molecule has 1 aromatic rings. The summed E-state index contributed by atoms with van der Waals surface area (Å²) in [5.41, 5.74) is 0.386. The van der Waals surface area contributed by atoms with E-state index < -0.39 is 9.84 Å². The average molecular weight is 307 g/mol. The van der Waals surface area contributed by atoms with Crippen molar-refractivity contribution in [3.8, 4) is 0 Å². The molecule has 108 valence electrons. The molecule has 0 fully saturated rings. The molecule has 0 aromatic heterocycles. The highest BCUT2D eigenvalue weighted by atomic mass is 35.5. The lowest BCUT2D eigenvalue weighted by Gasteiger charge is -2.17. The molecule has 1 N–H and O–H groups in total. The van der Waals surface area contributed by atoms with Crippen LogP contribution in [0.25, 0.3) is 0 Å². The monoisotopic (exact) mass is 306 g/mol. The van der Waals surface area contributed by atoms with Crippen LogP contribution in [0, 0.1) is 0 Å². The van der Waals surface area contributed by atoms with Gasteiger partial charge in [0.15, 0.2) is 9.84 Å². The van der Waals surface area contributed by atoms with Crippen molar-refractivity contribution in [3.05, 3.63) is 29.8 Å². The molecule has 0 aliphatic carbocycles. The molecule has 7 heteroatoms. The van der Waals surface area contributed by atoms with E-state index in [-0.39, 0.29) is 23.2 Å². The number of nitrogens with zero attached hydrogens (tertiary/aromatic N) is 1. The number of hydrogen-bond donors (Lipinski definition) is 1. The van der Waals surface area contributed by atoms with Gasteiger partial charge >= 0.3 is 0 Å². The molecule has 1 rings (SSSR count). The van der Waals surface area contributed by atoms with Gasteiger partial charge in [-0.25, -0.2) is 8.42 Å². The van der Waals surface area contributed by atoms with Gasteiger partial charge in [0.25, 0.3) is 5.91 Å². The van der Waals surface area contributed by atoms with Gasteiger partial charge in [0.05, 0.1) is 4.90 Å². The van der Waals surface area contributed by atoms with Crippen LogP contribution < -0.4 is 5.32 Å². The summed E-state index contributed by atoms with van der Waals surface area (Å²) in [5.74, 6) is -0.184. The third-order valence-corrected chi connectivity index (χ3v) is 3.66. The number of benzene rings is 1. The van der Waals surface area contributed by atoms with Crippen LogP contribution in [0.3, 0.4) is 0 Å². The van der Waals surface area contributed by atoms with E-state index in [0.717, 1.165) is 6.26 Å². The summed E-state index contributed by atoms with van der Waals surface area (Å²) in [5, 5.41) is 2.95. The molecule has 0 heterocycles. The van der Waals surface area contributed by atoms with Gasteiger partial charge in [0.1, 0.15) is 0 Å².